The molecule has 140 valence electrons. The molecule has 9 nitrogen and oxygen atoms in total. The van der Waals surface area contributed by atoms with E-state index in [1.165, 1.54) is 50.8 Å². The standard InChI is InChI=1S/C18H17N3O6/c1-26-13-7-8-14(15(9-13)27-2)20-16(22)17(23)21-19-10-11-3-5-12(6-4-11)18(24)25/h3-10H,1-2H3,(H,20,22)(H,21,23)(H,24,25)/b19-10-. The maximum Gasteiger partial charge on any atom is 0.335 e. The molecule has 2 aromatic rings. The van der Waals surface area contributed by atoms with E-state index in [0.29, 0.717) is 22.7 Å². The number of nitrogens with one attached hydrogen (secondary N) is 2. The number of methoxy groups -OCH3 is 2. The molecule has 0 aliphatic rings. The quantitative estimate of drug-likeness (QED) is 0.401. The highest BCUT2D eigenvalue weighted by atomic mass is 16.5. The fourth-order valence-corrected chi connectivity index (χ4v) is 2.01. The van der Waals surface area contributed by atoms with Crippen LogP contribution in [-0.2, 0) is 9.59 Å². The summed E-state index contributed by atoms with van der Waals surface area (Å²) in [5, 5.41) is 14.9. The first-order chi connectivity index (χ1) is 12.9. The zero-order valence-corrected chi connectivity index (χ0v) is 14.6. The summed E-state index contributed by atoms with van der Waals surface area (Å²) in [5.74, 6) is -2.09. The average Bonchev–Trinajstić information content (AvgIpc) is 2.68. The van der Waals surface area contributed by atoms with Crippen LogP contribution >= 0.6 is 0 Å². The Bertz CT molecular complexity index is 877. The fraction of sp³-hybridized carbons (Fsp3) is 0.111. The van der Waals surface area contributed by atoms with Gasteiger partial charge in [0.05, 0.1) is 31.7 Å². The summed E-state index contributed by atoms with van der Waals surface area (Å²) in [6.07, 6.45) is 1.28. The number of carboxylic acid groups (broad SMARTS) is 1. The lowest BCUT2D eigenvalue weighted by atomic mass is 10.1. The van der Waals surface area contributed by atoms with Gasteiger partial charge in [0.25, 0.3) is 0 Å². The number of hydrazone groups is 1. The summed E-state index contributed by atoms with van der Waals surface area (Å²) in [7, 11) is 2.91. The second kappa shape index (κ2) is 8.99. The molecule has 2 amide bonds. The molecule has 3 N–H and O–H groups in total. The van der Waals surface area contributed by atoms with Crippen LogP contribution in [0.5, 0.6) is 11.5 Å². The number of ether oxygens (including phenoxy) is 2. The van der Waals surface area contributed by atoms with Crippen LogP contribution in [0.2, 0.25) is 0 Å². The molecule has 0 radical (unpaired) electrons. The highest BCUT2D eigenvalue weighted by molar-refractivity contribution is 6.39. The van der Waals surface area contributed by atoms with Crippen molar-refractivity contribution in [3.8, 4) is 11.5 Å². The van der Waals surface area contributed by atoms with Crippen LogP contribution in [-0.4, -0.2) is 43.3 Å². The minimum atomic E-state index is -1.04. The van der Waals surface area contributed by atoms with Gasteiger partial charge in [-0.15, -0.1) is 0 Å². The predicted octanol–water partition coefficient (Wildman–Crippen LogP) is 1.49. The Balaban J connectivity index is 1.95. The highest BCUT2D eigenvalue weighted by Gasteiger charge is 2.15. The Morgan fingerprint density at radius 1 is 1.00 bits per heavy atom. The molecule has 0 atom stereocenters. The van der Waals surface area contributed by atoms with Crippen LogP contribution in [0.15, 0.2) is 47.6 Å². The van der Waals surface area contributed by atoms with Crippen LogP contribution in [0.3, 0.4) is 0 Å². The smallest absolute Gasteiger partial charge is 0.335 e. The van der Waals surface area contributed by atoms with E-state index in [1.54, 1.807) is 12.1 Å². The molecule has 27 heavy (non-hydrogen) atoms. The number of benzene rings is 2. The van der Waals surface area contributed by atoms with E-state index in [2.05, 4.69) is 15.8 Å². The monoisotopic (exact) mass is 371 g/mol. The van der Waals surface area contributed by atoms with Crippen molar-refractivity contribution in [2.24, 2.45) is 5.10 Å². The van der Waals surface area contributed by atoms with Gasteiger partial charge in [-0.2, -0.15) is 5.10 Å². The normalized spacial score (nSPS) is 10.3. The molecule has 2 rings (SSSR count). The molecule has 0 aromatic heterocycles. The van der Waals surface area contributed by atoms with Crippen LogP contribution in [0.4, 0.5) is 5.69 Å². The van der Waals surface area contributed by atoms with Crippen molar-refractivity contribution in [2.75, 3.05) is 19.5 Å². The van der Waals surface area contributed by atoms with Crippen LogP contribution < -0.4 is 20.2 Å². The number of rotatable bonds is 6. The molecular weight excluding hydrogens is 354 g/mol. The third kappa shape index (κ3) is 5.30. The zero-order valence-electron chi connectivity index (χ0n) is 14.6. The topological polar surface area (TPSA) is 126 Å². The van der Waals surface area contributed by atoms with Crippen molar-refractivity contribution in [3.05, 3.63) is 53.6 Å². The summed E-state index contributed by atoms with van der Waals surface area (Å²) >= 11 is 0. The molecule has 0 spiro atoms. The van der Waals surface area contributed by atoms with Gasteiger partial charge >= 0.3 is 17.8 Å². The average molecular weight is 371 g/mol. The highest BCUT2D eigenvalue weighted by Crippen LogP contribution is 2.28. The molecule has 0 unspecified atom stereocenters. The lowest BCUT2D eigenvalue weighted by Crippen LogP contribution is -2.32. The molecular formula is C18H17N3O6. The molecule has 0 saturated carbocycles. The summed E-state index contributed by atoms with van der Waals surface area (Å²) in [5.41, 5.74) is 3.07. The van der Waals surface area contributed by atoms with Crippen LogP contribution in [0, 0.1) is 0 Å². The van der Waals surface area contributed by atoms with E-state index < -0.39 is 17.8 Å². The van der Waals surface area contributed by atoms with E-state index in [9.17, 15) is 14.4 Å². The number of hydrogen-bond donors (Lipinski definition) is 3. The Morgan fingerprint density at radius 3 is 2.30 bits per heavy atom. The molecule has 2 aromatic carbocycles. The lowest BCUT2D eigenvalue weighted by Gasteiger charge is -2.10. The van der Waals surface area contributed by atoms with Gasteiger partial charge in [-0.25, -0.2) is 10.2 Å². The molecule has 0 bridgehead atoms. The third-order valence-electron chi connectivity index (χ3n) is 3.40. The summed E-state index contributed by atoms with van der Waals surface area (Å²) in [4.78, 5) is 34.5. The molecule has 0 aliphatic carbocycles. The third-order valence-corrected chi connectivity index (χ3v) is 3.40. The summed E-state index contributed by atoms with van der Waals surface area (Å²) < 4.78 is 10.2. The fourth-order valence-electron chi connectivity index (χ4n) is 2.01. The van der Waals surface area contributed by atoms with E-state index >= 15 is 0 Å². The van der Waals surface area contributed by atoms with Crippen molar-refractivity contribution < 1.29 is 29.0 Å². The Morgan fingerprint density at radius 2 is 1.70 bits per heavy atom. The minimum Gasteiger partial charge on any atom is -0.497 e. The van der Waals surface area contributed by atoms with Crippen LogP contribution in [0.1, 0.15) is 15.9 Å². The maximum absolute atomic E-state index is 11.9. The molecule has 0 saturated heterocycles. The molecule has 0 heterocycles. The first-order valence-corrected chi connectivity index (χ1v) is 7.64. The predicted molar refractivity (Wildman–Crippen MR) is 97.3 cm³/mol. The number of carbonyl (C=O) groups excluding carboxylic acids is 2. The van der Waals surface area contributed by atoms with Crippen molar-refractivity contribution in [1.82, 2.24) is 5.43 Å². The maximum atomic E-state index is 11.9. The number of nitrogens with zero attached hydrogens (tertiary/aromatic N) is 1. The van der Waals surface area contributed by atoms with Gasteiger partial charge in [0.2, 0.25) is 0 Å². The van der Waals surface area contributed by atoms with Crippen LogP contribution in [0.25, 0.3) is 0 Å². The summed E-state index contributed by atoms with van der Waals surface area (Å²) in [6.45, 7) is 0. The van der Waals surface area contributed by atoms with Gasteiger partial charge in [-0.3, -0.25) is 9.59 Å². The first kappa shape index (κ1) is 19.4. The van der Waals surface area contributed by atoms with E-state index in [-0.39, 0.29) is 5.56 Å². The van der Waals surface area contributed by atoms with Crippen molar-refractivity contribution in [2.45, 2.75) is 0 Å². The largest absolute Gasteiger partial charge is 0.497 e. The van der Waals surface area contributed by atoms with E-state index in [4.69, 9.17) is 14.6 Å². The Labute approximate surface area is 154 Å². The van der Waals surface area contributed by atoms with Crippen molar-refractivity contribution in [1.29, 1.82) is 0 Å². The Kier molecular flexibility index (Phi) is 6.48. The zero-order chi connectivity index (χ0) is 19.8. The molecule has 0 fully saturated rings. The van der Waals surface area contributed by atoms with Gasteiger partial charge in [-0.1, -0.05) is 12.1 Å². The number of amides is 2. The number of carbonyl (C=O) groups is 3. The number of anilines is 1. The van der Waals surface area contributed by atoms with E-state index in [1.807, 2.05) is 0 Å². The molecule has 0 aliphatic heterocycles. The Hall–Kier alpha value is -3.88. The summed E-state index contributed by atoms with van der Waals surface area (Å²) in [6, 6.07) is 10.5. The van der Waals surface area contributed by atoms with Crippen molar-refractivity contribution >= 4 is 29.7 Å². The first-order valence-electron chi connectivity index (χ1n) is 7.64. The van der Waals surface area contributed by atoms with Gasteiger partial charge < -0.3 is 19.9 Å². The lowest BCUT2D eigenvalue weighted by molar-refractivity contribution is -0.136. The number of hydrogen-bond acceptors (Lipinski definition) is 6. The molecule has 9 heteroatoms. The number of carboxylic acids is 1. The van der Waals surface area contributed by atoms with Gasteiger partial charge in [-0.05, 0) is 29.8 Å². The SMILES string of the molecule is COc1ccc(NC(=O)C(=O)N/N=C\c2ccc(C(=O)O)cc2)c(OC)c1. The van der Waals surface area contributed by atoms with E-state index in [0.717, 1.165) is 0 Å². The number of aromatic carboxylic acids is 1. The van der Waals surface area contributed by atoms with Gasteiger partial charge in [0.15, 0.2) is 0 Å². The van der Waals surface area contributed by atoms with Crippen molar-refractivity contribution in [3.63, 3.8) is 0 Å². The van der Waals surface area contributed by atoms with Gasteiger partial charge in [0, 0.05) is 6.07 Å². The second-order valence-electron chi connectivity index (χ2n) is 5.15. The second-order valence-corrected chi connectivity index (χ2v) is 5.15. The minimum absolute atomic E-state index is 0.129. The van der Waals surface area contributed by atoms with Gasteiger partial charge in [0.1, 0.15) is 11.5 Å².